The van der Waals surface area contributed by atoms with Gasteiger partial charge in [-0.3, -0.25) is 9.36 Å². The van der Waals surface area contributed by atoms with Gasteiger partial charge in [0, 0.05) is 12.8 Å². The first-order chi connectivity index (χ1) is 10.6. The molecule has 0 saturated carbocycles. The van der Waals surface area contributed by atoms with Crippen molar-refractivity contribution in [3.8, 4) is 5.75 Å². The second-order valence-corrected chi connectivity index (χ2v) is 6.88. The van der Waals surface area contributed by atoms with Gasteiger partial charge in [0.2, 0.25) is 0 Å². The van der Waals surface area contributed by atoms with Gasteiger partial charge in [-0.1, -0.05) is 29.5 Å². The van der Waals surface area contributed by atoms with Crippen molar-refractivity contribution in [2.45, 2.75) is 12.1 Å². The smallest absolute Gasteiger partial charge is 0.271 e. The monoisotopic (exact) mass is 332 g/mol. The molecule has 0 aliphatic heterocycles. The zero-order valence-corrected chi connectivity index (χ0v) is 14.0. The summed E-state index contributed by atoms with van der Waals surface area (Å²) in [4.78, 5) is 16.7. The number of aromatic nitrogens is 2. The van der Waals surface area contributed by atoms with Crippen LogP contribution in [0, 0.1) is 6.92 Å². The average molecular weight is 332 g/mol. The largest absolute Gasteiger partial charge is 0.493 e. The number of rotatable bonds is 5. The van der Waals surface area contributed by atoms with Gasteiger partial charge < -0.3 is 4.74 Å². The SMILES string of the molecule is Cc1ccc(OCCSc2nc3ccsc3c(=O)n2C)cc1. The molecule has 4 nitrogen and oxygen atoms in total. The molecule has 3 rings (SSSR count). The molecule has 0 unspecified atom stereocenters. The summed E-state index contributed by atoms with van der Waals surface area (Å²) in [5.74, 6) is 1.60. The predicted molar refractivity (Wildman–Crippen MR) is 92.3 cm³/mol. The fourth-order valence-corrected chi connectivity index (χ4v) is 3.62. The van der Waals surface area contributed by atoms with Gasteiger partial charge in [-0.25, -0.2) is 4.98 Å². The molecule has 3 aromatic rings. The number of benzene rings is 1. The van der Waals surface area contributed by atoms with E-state index in [4.69, 9.17) is 4.74 Å². The lowest BCUT2D eigenvalue weighted by molar-refractivity contribution is 0.343. The van der Waals surface area contributed by atoms with Gasteiger partial charge in [0.1, 0.15) is 10.4 Å². The maximum absolute atomic E-state index is 12.2. The minimum Gasteiger partial charge on any atom is -0.493 e. The van der Waals surface area contributed by atoms with Crippen LogP contribution in [-0.2, 0) is 7.05 Å². The third-order valence-electron chi connectivity index (χ3n) is 3.25. The highest BCUT2D eigenvalue weighted by atomic mass is 32.2. The molecule has 0 spiro atoms. The lowest BCUT2D eigenvalue weighted by atomic mass is 10.2. The Kier molecular flexibility index (Phi) is 4.49. The molecule has 0 N–H and O–H groups in total. The topological polar surface area (TPSA) is 44.1 Å². The van der Waals surface area contributed by atoms with Crippen LogP contribution < -0.4 is 10.3 Å². The number of fused-ring (bicyclic) bond motifs is 1. The van der Waals surface area contributed by atoms with Crippen molar-refractivity contribution in [2.75, 3.05) is 12.4 Å². The van der Waals surface area contributed by atoms with E-state index in [9.17, 15) is 4.79 Å². The second-order valence-electron chi connectivity index (χ2n) is 4.90. The highest BCUT2D eigenvalue weighted by Gasteiger charge is 2.09. The van der Waals surface area contributed by atoms with Gasteiger partial charge in [0.15, 0.2) is 5.16 Å². The second kappa shape index (κ2) is 6.54. The molecule has 1 aromatic carbocycles. The number of nitrogens with zero attached hydrogens (tertiary/aromatic N) is 2. The zero-order valence-electron chi connectivity index (χ0n) is 12.4. The Morgan fingerprint density at radius 3 is 2.82 bits per heavy atom. The van der Waals surface area contributed by atoms with E-state index in [-0.39, 0.29) is 5.56 Å². The first kappa shape index (κ1) is 15.1. The van der Waals surface area contributed by atoms with Crippen LogP contribution in [0.25, 0.3) is 10.2 Å². The van der Waals surface area contributed by atoms with Crippen LogP contribution in [0.15, 0.2) is 45.7 Å². The van der Waals surface area contributed by atoms with Crippen molar-refractivity contribution in [3.63, 3.8) is 0 Å². The number of hydrogen-bond donors (Lipinski definition) is 0. The minimum absolute atomic E-state index is 0.0157. The summed E-state index contributed by atoms with van der Waals surface area (Å²) in [6, 6.07) is 9.86. The third kappa shape index (κ3) is 3.18. The first-order valence-corrected chi connectivity index (χ1v) is 8.78. The van der Waals surface area contributed by atoms with E-state index < -0.39 is 0 Å². The molecule has 0 bridgehead atoms. The van der Waals surface area contributed by atoms with Crippen molar-refractivity contribution in [3.05, 3.63) is 51.6 Å². The maximum Gasteiger partial charge on any atom is 0.271 e. The standard InChI is InChI=1S/C16H16N2O2S2/c1-11-3-5-12(6-4-11)20-8-10-22-16-17-13-7-9-21-14(13)15(19)18(16)2/h3-7,9H,8,10H2,1-2H3. The lowest BCUT2D eigenvalue weighted by Crippen LogP contribution is -2.19. The van der Waals surface area contributed by atoms with E-state index in [1.165, 1.54) is 28.7 Å². The maximum atomic E-state index is 12.2. The number of ether oxygens (including phenoxy) is 1. The van der Waals surface area contributed by atoms with Gasteiger partial charge in [0.25, 0.3) is 5.56 Å². The Bertz CT molecular complexity index is 837. The molecule has 0 amide bonds. The van der Waals surface area contributed by atoms with Crippen LogP contribution >= 0.6 is 23.1 Å². The van der Waals surface area contributed by atoms with Crippen LogP contribution in [0.5, 0.6) is 5.75 Å². The predicted octanol–water partition coefficient (Wildman–Crippen LogP) is 3.47. The minimum atomic E-state index is 0.0157. The summed E-state index contributed by atoms with van der Waals surface area (Å²) in [5.41, 5.74) is 2.00. The van der Waals surface area contributed by atoms with E-state index in [2.05, 4.69) is 4.98 Å². The molecule has 0 fully saturated rings. The van der Waals surface area contributed by atoms with Crippen molar-refractivity contribution in [2.24, 2.45) is 7.05 Å². The third-order valence-corrected chi connectivity index (χ3v) is 5.14. The molecular weight excluding hydrogens is 316 g/mol. The van der Waals surface area contributed by atoms with Crippen molar-refractivity contribution < 1.29 is 4.74 Å². The van der Waals surface area contributed by atoms with Crippen molar-refractivity contribution >= 4 is 33.3 Å². The molecule has 0 aliphatic rings. The van der Waals surface area contributed by atoms with Crippen molar-refractivity contribution in [1.82, 2.24) is 9.55 Å². The molecule has 114 valence electrons. The number of hydrogen-bond acceptors (Lipinski definition) is 5. The highest BCUT2D eigenvalue weighted by Crippen LogP contribution is 2.20. The fraction of sp³-hybridized carbons (Fsp3) is 0.250. The van der Waals surface area contributed by atoms with E-state index in [0.717, 1.165) is 22.2 Å². The molecular formula is C16H16N2O2S2. The Morgan fingerprint density at radius 1 is 1.27 bits per heavy atom. The van der Waals surface area contributed by atoms with Gasteiger partial charge in [-0.05, 0) is 30.5 Å². The number of thiophene rings is 1. The van der Waals surface area contributed by atoms with E-state index >= 15 is 0 Å². The fourth-order valence-electron chi connectivity index (χ4n) is 2.02. The van der Waals surface area contributed by atoms with E-state index in [0.29, 0.717) is 11.3 Å². The Morgan fingerprint density at radius 2 is 2.05 bits per heavy atom. The van der Waals surface area contributed by atoms with E-state index in [1.807, 2.05) is 42.6 Å². The molecule has 0 aliphatic carbocycles. The molecule has 0 saturated heterocycles. The Balaban J connectivity index is 1.63. The first-order valence-electron chi connectivity index (χ1n) is 6.91. The average Bonchev–Trinajstić information content (AvgIpc) is 2.98. The summed E-state index contributed by atoms with van der Waals surface area (Å²) < 4.78 is 8.01. The molecule has 22 heavy (non-hydrogen) atoms. The highest BCUT2D eigenvalue weighted by molar-refractivity contribution is 7.99. The zero-order chi connectivity index (χ0) is 15.5. The van der Waals surface area contributed by atoms with Crippen LogP contribution in [0.4, 0.5) is 0 Å². The number of aryl methyl sites for hydroxylation is 1. The molecule has 0 radical (unpaired) electrons. The molecule has 2 aromatic heterocycles. The summed E-state index contributed by atoms with van der Waals surface area (Å²) in [6.45, 7) is 2.62. The molecule has 6 heteroatoms. The van der Waals surface area contributed by atoms with Crippen LogP contribution in [0.2, 0.25) is 0 Å². The van der Waals surface area contributed by atoms with Crippen LogP contribution in [0.3, 0.4) is 0 Å². The Labute approximate surface area is 136 Å². The summed E-state index contributed by atoms with van der Waals surface area (Å²) >= 11 is 2.97. The van der Waals surface area contributed by atoms with Gasteiger partial charge in [-0.15, -0.1) is 11.3 Å². The summed E-state index contributed by atoms with van der Waals surface area (Å²) in [5, 5.41) is 2.62. The molecule has 0 atom stereocenters. The van der Waals surface area contributed by atoms with Gasteiger partial charge >= 0.3 is 0 Å². The molecule has 2 heterocycles. The Hall–Kier alpha value is -1.79. The normalized spacial score (nSPS) is 11.0. The van der Waals surface area contributed by atoms with E-state index in [1.54, 1.807) is 11.6 Å². The summed E-state index contributed by atoms with van der Waals surface area (Å²) in [7, 11) is 1.76. The van der Waals surface area contributed by atoms with Gasteiger partial charge in [-0.2, -0.15) is 0 Å². The lowest BCUT2D eigenvalue weighted by Gasteiger charge is -2.08. The van der Waals surface area contributed by atoms with Crippen LogP contribution in [0.1, 0.15) is 5.56 Å². The van der Waals surface area contributed by atoms with Crippen LogP contribution in [-0.4, -0.2) is 21.9 Å². The van der Waals surface area contributed by atoms with Crippen molar-refractivity contribution in [1.29, 1.82) is 0 Å². The summed E-state index contributed by atoms with van der Waals surface area (Å²) in [6.07, 6.45) is 0. The van der Waals surface area contributed by atoms with Gasteiger partial charge in [0.05, 0.1) is 12.1 Å². The number of thioether (sulfide) groups is 1. The quantitative estimate of drug-likeness (QED) is 0.408.